The van der Waals surface area contributed by atoms with Crippen molar-refractivity contribution < 1.29 is 9.32 Å². The second-order valence-corrected chi connectivity index (χ2v) is 8.08. The number of hydrogen-bond acceptors (Lipinski definition) is 8. The van der Waals surface area contributed by atoms with Crippen LogP contribution in [-0.4, -0.2) is 72.2 Å². The fourth-order valence-electron chi connectivity index (χ4n) is 3.93. The highest BCUT2D eigenvalue weighted by molar-refractivity contribution is 5.79. The number of carbonyl (C=O) groups is 1. The molecule has 33 heavy (non-hydrogen) atoms. The lowest BCUT2D eigenvalue weighted by molar-refractivity contribution is -0.132. The summed E-state index contributed by atoms with van der Waals surface area (Å²) >= 11 is 0. The van der Waals surface area contributed by atoms with E-state index in [4.69, 9.17) is 4.52 Å². The predicted molar refractivity (Wildman–Crippen MR) is 119 cm³/mol. The Morgan fingerprint density at radius 3 is 2.55 bits per heavy atom. The number of hydrogen-bond donors (Lipinski definition) is 0. The lowest BCUT2D eigenvalue weighted by atomic mass is 10.1. The first-order valence-corrected chi connectivity index (χ1v) is 10.9. The molecule has 0 unspecified atom stereocenters. The zero-order valence-electron chi connectivity index (χ0n) is 18.3. The Morgan fingerprint density at radius 1 is 1.03 bits per heavy atom. The van der Waals surface area contributed by atoms with E-state index < -0.39 is 0 Å². The number of rotatable bonds is 6. The van der Waals surface area contributed by atoms with Gasteiger partial charge in [-0.05, 0) is 40.6 Å². The maximum atomic E-state index is 12.8. The molecule has 1 amide bonds. The minimum atomic E-state index is 0.129. The minimum absolute atomic E-state index is 0.129. The van der Waals surface area contributed by atoms with Crippen molar-refractivity contribution in [2.75, 3.05) is 26.2 Å². The molecule has 10 heteroatoms. The van der Waals surface area contributed by atoms with Crippen molar-refractivity contribution in [3.8, 4) is 17.1 Å². The molecule has 1 aliphatic rings. The lowest BCUT2D eigenvalue weighted by Gasteiger charge is -2.34. The molecule has 10 nitrogen and oxygen atoms in total. The Morgan fingerprint density at radius 2 is 1.82 bits per heavy atom. The van der Waals surface area contributed by atoms with Gasteiger partial charge in [-0.15, -0.1) is 5.10 Å². The van der Waals surface area contributed by atoms with Crippen molar-refractivity contribution in [1.29, 1.82) is 0 Å². The third-order valence-electron chi connectivity index (χ3n) is 5.84. The van der Waals surface area contributed by atoms with Crippen molar-refractivity contribution in [2.24, 2.45) is 0 Å². The van der Waals surface area contributed by atoms with Gasteiger partial charge in [0.2, 0.25) is 17.6 Å². The first-order chi connectivity index (χ1) is 16.2. The summed E-state index contributed by atoms with van der Waals surface area (Å²) in [6, 6.07) is 15.7. The van der Waals surface area contributed by atoms with Crippen LogP contribution in [0.5, 0.6) is 0 Å². The Bertz CT molecular complexity index is 1210. The van der Waals surface area contributed by atoms with E-state index in [2.05, 4.69) is 30.6 Å². The molecule has 4 aromatic rings. The van der Waals surface area contributed by atoms with Crippen LogP contribution in [0.25, 0.3) is 17.1 Å². The summed E-state index contributed by atoms with van der Waals surface area (Å²) in [6.07, 6.45) is 1.91. The highest BCUT2D eigenvalue weighted by atomic mass is 16.5. The van der Waals surface area contributed by atoms with Gasteiger partial charge >= 0.3 is 0 Å². The van der Waals surface area contributed by atoms with Gasteiger partial charge in [0.15, 0.2) is 0 Å². The van der Waals surface area contributed by atoms with Crippen LogP contribution in [0.4, 0.5) is 0 Å². The summed E-state index contributed by atoms with van der Waals surface area (Å²) in [7, 11) is 0. The van der Waals surface area contributed by atoms with E-state index in [1.54, 1.807) is 4.68 Å². The van der Waals surface area contributed by atoms with Crippen molar-refractivity contribution in [3.63, 3.8) is 0 Å². The lowest BCUT2D eigenvalue weighted by Crippen LogP contribution is -2.48. The first kappa shape index (κ1) is 21.0. The largest absolute Gasteiger partial charge is 0.340 e. The molecule has 0 N–H and O–H groups in total. The van der Waals surface area contributed by atoms with E-state index in [0.717, 1.165) is 35.5 Å². The van der Waals surface area contributed by atoms with Gasteiger partial charge in [0.25, 0.3) is 0 Å². The SMILES string of the molecule is Cc1ccccc1-c1noc(CN2CCN(C(=O)Cc3ccc(-n4cnnn4)cc3)CC2)n1. The van der Waals surface area contributed by atoms with Crippen LogP contribution in [0.2, 0.25) is 0 Å². The van der Waals surface area contributed by atoms with E-state index in [0.29, 0.717) is 37.8 Å². The molecule has 0 bridgehead atoms. The number of benzene rings is 2. The van der Waals surface area contributed by atoms with E-state index in [9.17, 15) is 4.79 Å². The maximum absolute atomic E-state index is 12.8. The molecule has 1 fully saturated rings. The second-order valence-electron chi connectivity index (χ2n) is 8.08. The summed E-state index contributed by atoms with van der Waals surface area (Å²) in [5.41, 5.74) is 3.92. The van der Waals surface area contributed by atoms with Gasteiger partial charge in [-0.1, -0.05) is 41.6 Å². The highest BCUT2D eigenvalue weighted by Gasteiger charge is 2.23. The minimum Gasteiger partial charge on any atom is -0.340 e. The Kier molecular flexibility index (Phi) is 5.90. The molecular formula is C23H24N8O2. The number of aromatic nitrogens is 6. The average molecular weight is 444 g/mol. The third kappa shape index (κ3) is 4.80. The average Bonchev–Trinajstić information content (AvgIpc) is 3.53. The van der Waals surface area contributed by atoms with Gasteiger partial charge in [-0.2, -0.15) is 4.98 Å². The fraction of sp³-hybridized carbons (Fsp3) is 0.304. The number of tetrazole rings is 1. The van der Waals surface area contributed by atoms with Gasteiger partial charge in [-0.3, -0.25) is 9.69 Å². The van der Waals surface area contributed by atoms with E-state index in [1.807, 2.05) is 60.4 Å². The summed E-state index contributed by atoms with van der Waals surface area (Å²) in [6.45, 7) is 5.52. The van der Waals surface area contributed by atoms with Crippen LogP contribution in [0, 0.1) is 6.92 Å². The van der Waals surface area contributed by atoms with Crippen LogP contribution in [-0.2, 0) is 17.8 Å². The number of aryl methyl sites for hydroxylation is 1. The number of nitrogens with zero attached hydrogens (tertiary/aromatic N) is 8. The standard InChI is InChI=1S/C23H24N8O2/c1-17-4-2-3-5-20(17)23-25-21(33-26-23)15-29-10-12-30(13-11-29)22(32)14-18-6-8-19(9-7-18)31-16-24-27-28-31/h2-9,16H,10-15H2,1H3. The molecule has 0 radical (unpaired) electrons. The Hall–Kier alpha value is -3.92. The monoisotopic (exact) mass is 444 g/mol. The predicted octanol–water partition coefficient (Wildman–Crippen LogP) is 1.91. The number of piperazine rings is 1. The van der Waals surface area contributed by atoms with Gasteiger partial charge in [0.05, 0.1) is 18.7 Å². The molecule has 168 valence electrons. The van der Waals surface area contributed by atoms with Crippen LogP contribution in [0.3, 0.4) is 0 Å². The van der Waals surface area contributed by atoms with Crippen molar-refractivity contribution >= 4 is 5.91 Å². The number of amides is 1. The molecule has 5 rings (SSSR count). The van der Waals surface area contributed by atoms with Gasteiger partial charge in [-0.25, -0.2) is 4.68 Å². The Labute approximate surface area is 190 Å². The van der Waals surface area contributed by atoms with Crippen LogP contribution >= 0.6 is 0 Å². The van der Waals surface area contributed by atoms with Gasteiger partial charge < -0.3 is 9.42 Å². The van der Waals surface area contributed by atoms with E-state index in [1.165, 1.54) is 6.33 Å². The summed E-state index contributed by atoms with van der Waals surface area (Å²) in [4.78, 5) is 21.5. The molecule has 3 heterocycles. The van der Waals surface area contributed by atoms with E-state index in [-0.39, 0.29) is 5.91 Å². The van der Waals surface area contributed by atoms with Crippen molar-refractivity contribution in [1.82, 2.24) is 40.1 Å². The molecule has 2 aromatic carbocycles. The molecule has 1 aliphatic heterocycles. The smallest absolute Gasteiger partial charge is 0.241 e. The molecule has 1 saturated heterocycles. The fourth-order valence-corrected chi connectivity index (χ4v) is 3.93. The summed E-state index contributed by atoms with van der Waals surface area (Å²) in [5, 5.41) is 15.3. The molecule has 0 saturated carbocycles. The third-order valence-corrected chi connectivity index (χ3v) is 5.84. The van der Waals surface area contributed by atoms with Crippen molar-refractivity contribution in [3.05, 3.63) is 71.9 Å². The highest BCUT2D eigenvalue weighted by Crippen LogP contribution is 2.20. The zero-order chi connectivity index (χ0) is 22.6. The molecular weight excluding hydrogens is 420 g/mol. The number of carbonyl (C=O) groups excluding carboxylic acids is 1. The van der Waals surface area contributed by atoms with E-state index >= 15 is 0 Å². The Balaban J connectivity index is 1.12. The maximum Gasteiger partial charge on any atom is 0.241 e. The summed E-state index contributed by atoms with van der Waals surface area (Å²) in [5.74, 6) is 1.34. The topological polar surface area (TPSA) is 106 Å². The van der Waals surface area contributed by atoms with Crippen molar-refractivity contribution in [2.45, 2.75) is 19.9 Å². The van der Waals surface area contributed by atoms with Crippen LogP contribution in [0.1, 0.15) is 17.0 Å². The first-order valence-electron chi connectivity index (χ1n) is 10.9. The second kappa shape index (κ2) is 9.29. The zero-order valence-corrected chi connectivity index (χ0v) is 18.3. The van der Waals surface area contributed by atoms with Crippen LogP contribution in [0.15, 0.2) is 59.4 Å². The van der Waals surface area contributed by atoms with Gasteiger partial charge in [0.1, 0.15) is 6.33 Å². The van der Waals surface area contributed by atoms with Crippen LogP contribution < -0.4 is 0 Å². The quantitative estimate of drug-likeness (QED) is 0.444. The molecule has 0 aliphatic carbocycles. The molecule has 0 atom stereocenters. The normalized spacial score (nSPS) is 14.5. The van der Waals surface area contributed by atoms with Gasteiger partial charge in [0, 0.05) is 31.7 Å². The molecule has 2 aromatic heterocycles. The summed E-state index contributed by atoms with van der Waals surface area (Å²) < 4.78 is 7.05. The molecule has 0 spiro atoms.